The van der Waals surface area contributed by atoms with Crippen LogP contribution in [0, 0.1) is 5.92 Å². The van der Waals surface area contributed by atoms with Crippen LogP contribution in [0.1, 0.15) is 85.5 Å². The van der Waals surface area contributed by atoms with E-state index in [2.05, 4.69) is 26.6 Å². The number of Topliss-reactive ketones (excluding diaryl/α,β-unsaturated/α-hetero) is 1. The van der Waals surface area contributed by atoms with Crippen molar-refractivity contribution < 1.29 is 68.1 Å². The molecular formula is C35H55N7O14S. The van der Waals surface area contributed by atoms with Gasteiger partial charge in [0.1, 0.15) is 36.8 Å². The molecule has 9 N–H and O–H groups in total. The average molecular weight is 830 g/mol. The summed E-state index contributed by atoms with van der Waals surface area (Å²) >= 11 is 1.37. The number of hydrogen-bond acceptors (Lipinski definition) is 12. The van der Waals surface area contributed by atoms with E-state index in [9.17, 15) is 57.8 Å². The maximum absolute atomic E-state index is 14.0. The molecule has 0 spiro atoms. The highest BCUT2D eigenvalue weighted by Gasteiger charge is 2.40. The largest absolute Gasteiger partial charge is 0.481 e. The van der Waals surface area contributed by atoms with Crippen molar-refractivity contribution in [3.8, 4) is 0 Å². The van der Waals surface area contributed by atoms with E-state index in [4.69, 9.17) is 10.2 Å². The molecule has 22 heteroatoms. The number of aliphatic carboxylic acids is 3. The lowest BCUT2D eigenvalue weighted by molar-refractivity contribution is -0.144. The number of rotatable bonds is 26. The van der Waals surface area contributed by atoms with E-state index in [-0.39, 0.29) is 32.2 Å². The fraction of sp³-hybridized carbons (Fsp3) is 0.686. The molecule has 57 heavy (non-hydrogen) atoms. The van der Waals surface area contributed by atoms with E-state index in [0.29, 0.717) is 18.6 Å². The van der Waals surface area contributed by atoms with E-state index < -0.39 is 133 Å². The molecule has 1 aliphatic rings. The van der Waals surface area contributed by atoms with Gasteiger partial charge in [-0.1, -0.05) is 27.2 Å². The van der Waals surface area contributed by atoms with Gasteiger partial charge in [0, 0.05) is 26.3 Å². The van der Waals surface area contributed by atoms with Crippen molar-refractivity contribution in [3.05, 3.63) is 0 Å². The SMILES string of the molecule is CCC[C@H](NC(=O)[C@@H]1CCCN1C(=O)[C@H](CCSC)NC(=O)[C@@H](NC(=O)[C@H](CCC(=O)O)NC(=O)[C@H](CCC(=O)O)NC(C)=O)C(C)C)C(=O)C(=O)NCC(=O)O. The van der Waals surface area contributed by atoms with Gasteiger partial charge in [0.25, 0.3) is 5.91 Å². The highest BCUT2D eigenvalue weighted by atomic mass is 32.2. The van der Waals surface area contributed by atoms with Crippen LogP contribution in [0.3, 0.4) is 0 Å². The molecule has 0 aromatic carbocycles. The molecule has 7 amide bonds. The van der Waals surface area contributed by atoms with Gasteiger partial charge in [-0.25, -0.2) is 0 Å². The Kier molecular flexibility index (Phi) is 21.9. The van der Waals surface area contributed by atoms with Crippen LogP contribution in [0.5, 0.6) is 0 Å². The summed E-state index contributed by atoms with van der Waals surface area (Å²) in [7, 11) is 0. The van der Waals surface area contributed by atoms with Gasteiger partial charge >= 0.3 is 17.9 Å². The van der Waals surface area contributed by atoms with Crippen LogP contribution in [0.15, 0.2) is 0 Å². The first-order valence-corrected chi connectivity index (χ1v) is 19.9. The summed E-state index contributed by atoms with van der Waals surface area (Å²) in [5.74, 6) is -11.1. The molecule has 1 heterocycles. The van der Waals surface area contributed by atoms with Crippen LogP contribution in [-0.4, -0.2) is 147 Å². The Hall–Kier alpha value is -5.28. The van der Waals surface area contributed by atoms with Gasteiger partial charge in [0.05, 0.1) is 6.04 Å². The molecule has 6 atom stereocenters. The predicted octanol–water partition coefficient (Wildman–Crippen LogP) is -1.87. The van der Waals surface area contributed by atoms with Crippen molar-refractivity contribution >= 4 is 76.8 Å². The highest BCUT2D eigenvalue weighted by molar-refractivity contribution is 7.98. The zero-order valence-corrected chi connectivity index (χ0v) is 33.5. The zero-order chi connectivity index (χ0) is 43.4. The van der Waals surface area contributed by atoms with Crippen molar-refractivity contribution in [2.24, 2.45) is 5.92 Å². The molecule has 0 saturated carbocycles. The molecular weight excluding hydrogens is 774 g/mol. The van der Waals surface area contributed by atoms with E-state index in [1.807, 2.05) is 5.32 Å². The van der Waals surface area contributed by atoms with Crippen LogP contribution >= 0.6 is 11.8 Å². The van der Waals surface area contributed by atoms with E-state index in [1.54, 1.807) is 27.0 Å². The van der Waals surface area contributed by atoms with E-state index >= 15 is 0 Å². The van der Waals surface area contributed by atoms with Crippen LogP contribution in [0.4, 0.5) is 0 Å². The predicted molar refractivity (Wildman–Crippen MR) is 202 cm³/mol. The van der Waals surface area contributed by atoms with Crippen molar-refractivity contribution in [3.63, 3.8) is 0 Å². The lowest BCUT2D eigenvalue weighted by Gasteiger charge is -2.31. The smallest absolute Gasteiger partial charge is 0.322 e. The molecule has 21 nitrogen and oxygen atoms in total. The van der Waals surface area contributed by atoms with Crippen LogP contribution in [-0.2, 0) is 52.7 Å². The second kappa shape index (κ2) is 25.1. The third-order valence-corrected chi connectivity index (χ3v) is 9.41. The second-order valence-electron chi connectivity index (χ2n) is 13.7. The number of hydrogen-bond donors (Lipinski definition) is 9. The Morgan fingerprint density at radius 2 is 1.26 bits per heavy atom. The lowest BCUT2D eigenvalue weighted by Crippen LogP contribution is -2.60. The van der Waals surface area contributed by atoms with Gasteiger partial charge in [-0.15, -0.1) is 0 Å². The normalized spacial score (nSPS) is 16.2. The van der Waals surface area contributed by atoms with Gasteiger partial charge in [-0.3, -0.25) is 52.7 Å². The number of nitrogens with one attached hydrogen (secondary N) is 6. The second-order valence-corrected chi connectivity index (χ2v) is 14.7. The van der Waals surface area contributed by atoms with Crippen LogP contribution < -0.4 is 31.9 Å². The maximum atomic E-state index is 14.0. The molecule has 320 valence electrons. The monoisotopic (exact) mass is 829 g/mol. The van der Waals surface area contributed by atoms with Gasteiger partial charge in [0.15, 0.2) is 0 Å². The topological polar surface area (TPSA) is 324 Å². The van der Waals surface area contributed by atoms with Crippen molar-refractivity contribution in [1.29, 1.82) is 0 Å². The summed E-state index contributed by atoms with van der Waals surface area (Å²) in [5, 5.41) is 41.5. The van der Waals surface area contributed by atoms with Crippen LogP contribution in [0.25, 0.3) is 0 Å². The number of carbonyl (C=O) groups is 11. The summed E-state index contributed by atoms with van der Waals surface area (Å²) in [6.45, 7) is 5.30. The third-order valence-electron chi connectivity index (χ3n) is 8.77. The molecule has 1 aliphatic heterocycles. The summed E-state index contributed by atoms with van der Waals surface area (Å²) in [6, 6.07) is -7.79. The van der Waals surface area contributed by atoms with Crippen LogP contribution in [0.2, 0.25) is 0 Å². The Morgan fingerprint density at radius 1 is 0.702 bits per heavy atom. The first-order chi connectivity index (χ1) is 26.7. The average Bonchev–Trinajstić information content (AvgIpc) is 3.63. The molecule has 0 aromatic rings. The number of likely N-dealkylation sites (tertiary alicyclic amines) is 1. The number of nitrogens with zero attached hydrogens (tertiary/aromatic N) is 1. The fourth-order valence-corrected chi connectivity index (χ4v) is 6.34. The molecule has 1 fully saturated rings. The summed E-state index contributed by atoms with van der Waals surface area (Å²) < 4.78 is 0. The van der Waals surface area contributed by atoms with Crippen molar-refractivity contribution in [1.82, 2.24) is 36.8 Å². The third kappa shape index (κ3) is 17.6. The standard InChI is InChI=1S/C35H55N7O14S/c1-6-8-20(29(50)34(55)36-17-27(48)49)38-32(53)24-9-7-15-42(24)35(56)23(14-16-57-5)40-33(54)28(18(2)3)41-31(52)22(11-13-26(46)47)39-30(51)21(37-19(4)43)10-12-25(44)45/h18,20-24,28H,6-17H2,1-5H3,(H,36,55)(H,37,43)(H,38,53)(H,39,51)(H,40,54)(H,41,52)(H,44,45)(H,46,47)(H,48,49)/t20-,21-,22-,23-,24-,28-/m0/s1. The molecule has 0 aliphatic carbocycles. The molecule has 0 bridgehead atoms. The van der Waals surface area contributed by atoms with E-state index in [1.165, 1.54) is 16.7 Å². The molecule has 0 radical (unpaired) electrons. The number of carboxylic acid groups (broad SMARTS) is 3. The Labute approximate surface area is 333 Å². The minimum Gasteiger partial charge on any atom is -0.481 e. The Morgan fingerprint density at radius 3 is 1.77 bits per heavy atom. The Bertz CT molecular complexity index is 1510. The molecule has 1 saturated heterocycles. The maximum Gasteiger partial charge on any atom is 0.322 e. The quantitative estimate of drug-likeness (QED) is 0.0432. The van der Waals surface area contributed by atoms with Gasteiger partial charge in [-0.05, 0) is 56.5 Å². The Balaban J connectivity index is 3.26. The highest BCUT2D eigenvalue weighted by Crippen LogP contribution is 2.21. The van der Waals surface area contributed by atoms with Gasteiger partial charge < -0.3 is 52.1 Å². The summed E-state index contributed by atoms with van der Waals surface area (Å²) in [5.41, 5.74) is 0. The number of carbonyl (C=O) groups excluding carboxylic acids is 8. The van der Waals surface area contributed by atoms with Gasteiger partial charge in [-0.2, -0.15) is 11.8 Å². The van der Waals surface area contributed by atoms with Gasteiger partial charge in [0.2, 0.25) is 41.2 Å². The summed E-state index contributed by atoms with van der Waals surface area (Å²) in [4.78, 5) is 139. The summed E-state index contributed by atoms with van der Waals surface area (Å²) in [6.07, 6.45) is 1.05. The number of thioether (sulfide) groups is 1. The number of carboxylic acids is 3. The zero-order valence-electron chi connectivity index (χ0n) is 32.7. The van der Waals surface area contributed by atoms with Crippen molar-refractivity contribution in [2.75, 3.05) is 25.1 Å². The first-order valence-electron chi connectivity index (χ1n) is 18.5. The molecule has 1 rings (SSSR count). The minimum absolute atomic E-state index is 0.0574. The molecule has 0 unspecified atom stereocenters. The van der Waals surface area contributed by atoms with E-state index in [0.717, 1.165) is 6.92 Å². The number of amides is 7. The van der Waals surface area contributed by atoms with Crippen molar-refractivity contribution in [2.45, 2.75) is 122 Å². The lowest BCUT2D eigenvalue weighted by atomic mass is 10.0. The number of ketones is 1. The fourth-order valence-electron chi connectivity index (χ4n) is 5.86. The first kappa shape index (κ1) is 49.7. The molecule has 0 aromatic heterocycles. The minimum atomic E-state index is -1.53.